The number of nitrogens with zero attached hydrogens (tertiary/aromatic N) is 1. The highest BCUT2D eigenvalue weighted by molar-refractivity contribution is 7.92. The summed E-state index contributed by atoms with van der Waals surface area (Å²) in [5.74, 6) is -0.134. The lowest BCUT2D eigenvalue weighted by Gasteiger charge is -2.36. The standard InChI is InChI=1S/C15H24FNO3S/c1-7-11(2)20-14-9-8-12(16)10-13(14)17(15(3,4)5)21(6,18)19/h8-11H,7H2,1-6H3. The van der Waals surface area contributed by atoms with Crippen molar-refractivity contribution in [2.24, 2.45) is 0 Å². The van der Waals surface area contributed by atoms with Crippen molar-refractivity contribution in [1.29, 1.82) is 0 Å². The predicted octanol–water partition coefficient (Wildman–Crippen LogP) is 3.57. The largest absolute Gasteiger partial charge is 0.489 e. The SMILES string of the molecule is CCC(C)Oc1ccc(F)cc1N(C(C)(C)C)S(C)(=O)=O. The van der Waals surface area contributed by atoms with E-state index in [4.69, 9.17) is 4.74 Å². The molecule has 0 N–H and O–H groups in total. The van der Waals surface area contributed by atoms with E-state index in [0.717, 1.165) is 12.7 Å². The highest BCUT2D eigenvalue weighted by atomic mass is 32.2. The maximum absolute atomic E-state index is 13.6. The van der Waals surface area contributed by atoms with E-state index in [0.29, 0.717) is 5.75 Å². The van der Waals surface area contributed by atoms with Crippen molar-refractivity contribution in [3.05, 3.63) is 24.0 Å². The molecule has 120 valence electrons. The molecule has 0 saturated heterocycles. The Balaban J connectivity index is 3.47. The van der Waals surface area contributed by atoms with E-state index in [-0.39, 0.29) is 11.8 Å². The molecule has 0 radical (unpaired) electrons. The van der Waals surface area contributed by atoms with Crippen LogP contribution in [0.4, 0.5) is 10.1 Å². The fourth-order valence-electron chi connectivity index (χ4n) is 2.09. The summed E-state index contributed by atoms with van der Waals surface area (Å²) in [6.45, 7) is 9.12. The maximum atomic E-state index is 13.6. The van der Waals surface area contributed by atoms with Crippen LogP contribution in [-0.4, -0.2) is 26.3 Å². The number of ether oxygens (including phenoxy) is 1. The summed E-state index contributed by atoms with van der Waals surface area (Å²) in [6.07, 6.45) is 1.79. The topological polar surface area (TPSA) is 46.6 Å². The van der Waals surface area contributed by atoms with Crippen LogP contribution < -0.4 is 9.04 Å². The van der Waals surface area contributed by atoms with E-state index in [9.17, 15) is 12.8 Å². The number of benzene rings is 1. The molecule has 0 heterocycles. The van der Waals surface area contributed by atoms with Crippen LogP contribution >= 0.6 is 0 Å². The zero-order valence-electron chi connectivity index (χ0n) is 13.5. The quantitative estimate of drug-likeness (QED) is 0.834. The second-order valence-electron chi connectivity index (χ2n) is 6.15. The average molecular weight is 317 g/mol. The smallest absolute Gasteiger partial charge is 0.232 e. The molecule has 1 aromatic rings. The molecule has 1 rings (SSSR count). The van der Waals surface area contributed by atoms with Crippen LogP contribution in [0.5, 0.6) is 5.75 Å². The van der Waals surface area contributed by atoms with Gasteiger partial charge in [0.1, 0.15) is 11.6 Å². The van der Waals surface area contributed by atoms with Crippen molar-refractivity contribution >= 4 is 15.7 Å². The minimum absolute atomic E-state index is 0.0874. The van der Waals surface area contributed by atoms with E-state index in [1.54, 1.807) is 20.8 Å². The molecule has 4 nitrogen and oxygen atoms in total. The second kappa shape index (κ2) is 6.22. The van der Waals surface area contributed by atoms with Crippen LogP contribution in [0.1, 0.15) is 41.0 Å². The average Bonchev–Trinajstić information content (AvgIpc) is 2.28. The van der Waals surface area contributed by atoms with Crippen molar-refractivity contribution in [3.63, 3.8) is 0 Å². The molecular formula is C15H24FNO3S. The van der Waals surface area contributed by atoms with Crippen LogP contribution in [-0.2, 0) is 10.0 Å². The number of hydrogen-bond donors (Lipinski definition) is 0. The van der Waals surface area contributed by atoms with Gasteiger partial charge in [0.2, 0.25) is 10.0 Å². The summed E-state index contributed by atoms with van der Waals surface area (Å²) in [7, 11) is -3.57. The van der Waals surface area contributed by atoms with E-state index < -0.39 is 21.4 Å². The van der Waals surface area contributed by atoms with Gasteiger partial charge in [0.15, 0.2) is 0 Å². The Kier molecular flexibility index (Phi) is 5.25. The molecule has 0 aliphatic rings. The Morgan fingerprint density at radius 2 is 1.90 bits per heavy atom. The minimum Gasteiger partial charge on any atom is -0.489 e. The normalized spacial score (nSPS) is 13.9. The molecule has 1 atom stereocenters. The van der Waals surface area contributed by atoms with Gasteiger partial charge in [-0.3, -0.25) is 4.31 Å². The van der Waals surface area contributed by atoms with Crippen LogP contribution in [0.25, 0.3) is 0 Å². The zero-order chi connectivity index (χ0) is 16.4. The van der Waals surface area contributed by atoms with Gasteiger partial charge in [-0.25, -0.2) is 12.8 Å². The number of anilines is 1. The third kappa shape index (κ3) is 4.59. The molecule has 0 spiro atoms. The van der Waals surface area contributed by atoms with Gasteiger partial charge in [-0.05, 0) is 46.2 Å². The summed E-state index contributed by atoms with van der Waals surface area (Å²) < 4.78 is 44.9. The molecule has 0 amide bonds. The molecule has 0 aliphatic heterocycles. The first kappa shape index (κ1) is 17.8. The lowest BCUT2D eigenvalue weighted by molar-refractivity contribution is 0.217. The number of rotatable bonds is 5. The maximum Gasteiger partial charge on any atom is 0.232 e. The number of sulfonamides is 1. The van der Waals surface area contributed by atoms with Gasteiger partial charge in [-0.15, -0.1) is 0 Å². The third-order valence-electron chi connectivity index (χ3n) is 2.98. The van der Waals surface area contributed by atoms with Crippen LogP contribution in [0.2, 0.25) is 0 Å². The molecule has 6 heteroatoms. The first-order chi connectivity index (χ1) is 9.46. The van der Waals surface area contributed by atoms with Crippen molar-refractivity contribution in [1.82, 2.24) is 0 Å². The van der Waals surface area contributed by atoms with Crippen molar-refractivity contribution in [2.45, 2.75) is 52.7 Å². The summed E-state index contributed by atoms with van der Waals surface area (Å²) >= 11 is 0. The minimum atomic E-state index is -3.57. The number of hydrogen-bond acceptors (Lipinski definition) is 3. The Labute approximate surface area is 127 Å². The van der Waals surface area contributed by atoms with Crippen molar-refractivity contribution < 1.29 is 17.5 Å². The summed E-state index contributed by atoms with van der Waals surface area (Å²) in [5.41, 5.74) is -0.500. The molecule has 21 heavy (non-hydrogen) atoms. The van der Waals surface area contributed by atoms with E-state index in [2.05, 4.69) is 0 Å². The van der Waals surface area contributed by atoms with Gasteiger partial charge < -0.3 is 4.74 Å². The third-order valence-corrected chi connectivity index (χ3v) is 4.39. The zero-order valence-corrected chi connectivity index (χ0v) is 14.3. The van der Waals surface area contributed by atoms with E-state index in [1.165, 1.54) is 22.5 Å². The first-order valence-electron chi connectivity index (χ1n) is 6.93. The molecular weight excluding hydrogens is 293 g/mol. The Morgan fingerprint density at radius 3 is 2.33 bits per heavy atom. The van der Waals surface area contributed by atoms with Gasteiger partial charge in [0.05, 0.1) is 18.0 Å². The second-order valence-corrected chi connectivity index (χ2v) is 7.98. The molecule has 1 unspecified atom stereocenters. The summed E-state index contributed by atoms with van der Waals surface area (Å²) in [4.78, 5) is 0. The molecule has 0 fully saturated rings. The molecule has 0 bridgehead atoms. The summed E-state index contributed by atoms with van der Waals surface area (Å²) in [5, 5.41) is 0. The van der Waals surface area contributed by atoms with Gasteiger partial charge in [-0.1, -0.05) is 6.92 Å². The lowest BCUT2D eigenvalue weighted by atomic mass is 10.1. The van der Waals surface area contributed by atoms with E-state index in [1.807, 2.05) is 13.8 Å². The fourth-order valence-corrected chi connectivity index (χ4v) is 3.58. The number of halogens is 1. The molecule has 0 aliphatic carbocycles. The van der Waals surface area contributed by atoms with Gasteiger partial charge in [-0.2, -0.15) is 0 Å². The van der Waals surface area contributed by atoms with Crippen molar-refractivity contribution in [3.8, 4) is 5.75 Å². The van der Waals surface area contributed by atoms with Gasteiger partial charge in [0.25, 0.3) is 0 Å². The van der Waals surface area contributed by atoms with Crippen LogP contribution in [0.3, 0.4) is 0 Å². The summed E-state index contributed by atoms with van der Waals surface area (Å²) in [6, 6.07) is 3.94. The van der Waals surface area contributed by atoms with E-state index >= 15 is 0 Å². The van der Waals surface area contributed by atoms with Crippen molar-refractivity contribution in [2.75, 3.05) is 10.6 Å². The van der Waals surface area contributed by atoms with Gasteiger partial charge >= 0.3 is 0 Å². The highest BCUT2D eigenvalue weighted by Gasteiger charge is 2.32. The molecule has 1 aromatic carbocycles. The van der Waals surface area contributed by atoms with Gasteiger partial charge in [0, 0.05) is 11.6 Å². The Hall–Kier alpha value is -1.30. The predicted molar refractivity (Wildman–Crippen MR) is 83.9 cm³/mol. The molecule has 0 aromatic heterocycles. The first-order valence-corrected chi connectivity index (χ1v) is 8.78. The molecule has 0 saturated carbocycles. The van der Waals surface area contributed by atoms with Crippen LogP contribution in [0.15, 0.2) is 18.2 Å². The lowest BCUT2D eigenvalue weighted by Crippen LogP contribution is -2.45. The Bertz CT molecular complexity index is 593. The monoisotopic (exact) mass is 317 g/mol. The highest BCUT2D eigenvalue weighted by Crippen LogP contribution is 2.36. The Morgan fingerprint density at radius 1 is 1.33 bits per heavy atom. The van der Waals surface area contributed by atoms with Crippen LogP contribution in [0, 0.1) is 5.82 Å². The fraction of sp³-hybridized carbons (Fsp3) is 0.600.